The fourth-order valence-electron chi connectivity index (χ4n) is 6.43. The van der Waals surface area contributed by atoms with Crippen LogP contribution in [0.4, 0.5) is 0 Å². The normalized spacial score (nSPS) is 11.3. The molecule has 0 aliphatic heterocycles. The average molecular weight is 628 g/mol. The van der Waals surface area contributed by atoms with Crippen molar-refractivity contribution in [1.82, 2.24) is 15.0 Å². The summed E-state index contributed by atoms with van der Waals surface area (Å²) in [6.07, 6.45) is 0. The Morgan fingerprint density at radius 2 is 0.735 bits per heavy atom. The lowest BCUT2D eigenvalue weighted by Gasteiger charge is -2.10. The van der Waals surface area contributed by atoms with E-state index in [0.29, 0.717) is 17.5 Å². The summed E-state index contributed by atoms with van der Waals surface area (Å²) in [6.45, 7) is 0. The van der Waals surface area contributed by atoms with Gasteiger partial charge in [-0.15, -0.1) is 0 Å². The Morgan fingerprint density at radius 1 is 0.306 bits per heavy atom. The van der Waals surface area contributed by atoms with Gasteiger partial charge in [0.15, 0.2) is 17.5 Å². The molecule has 0 bridgehead atoms. The fourth-order valence-corrected chi connectivity index (χ4v) is 6.43. The summed E-state index contributed by atoms with van der Waals surface area (Å²) >= 11 is 0. The summed E-state index contributed by atoms with van der Waals surface area (Å²) in [5, 5.41) is 2.23. The standard InChI is InChI=1S/C45H29N3O/c1-4-11-30(12-5-1)31-19-23-35(24-20-31)44-46-43(34-15-8-3-9-16-34)47-45(48-44)36-25-21-32(22-26-36)37-27-28-39-40-18-10-17-38(33-13-6-2-7-14-33)42(40)49-41(39)29-37/h1-29H. The van der Waals surface area contributed by atoms with Crippen LogP contribution < -0.4 is 0 Å². The minimum atomic E-state index is 0.628. The number of nitrogens with zero attached hydrogens (tertiary/aromatic N) is 3. The lowest BCUT2D eigenvalue weighted by molar-refractivity contribution is 0.670. The number of hydrogen-bond acceptors (Lipinski definition) is 4. The summed E-state index contributed by atoms with van der Waals surface area (Å²) in [5.74, 6) is 1.91. The zero-order valence-electron chi connectivity index (χ0n) is 26.5. The van der Waals surface area contributed by atoms with Crippen molar-refractivity contribution in [1.29, 1.82) is 0 Å². The van der Waals surface area contributed by atoms with E-state index in [1.807, 2.05) is 42.5 Å². The molecule has 0 aliphatic rings. The van der Waals surface area contributed by atoms with Crippen LogP contribution in [-0.4, -0.2) is 15.0 Å². The molecule has 0 saturated heterocycles. The average Bonchev–Trinajstić information content (AvgIpc) is 3.57. The van der Waals surface area contributed by atoms with E-state index in [-0.39, 0.29) is 0 Å². The number of para-hydroxylation sites is 1. The van der Waals surface area contributed by atoms with E-state index in [2.05, 4.69) is 133 Å². The number of benzene rings is 7. The second kappa shape index (κ2) is 12.2. The summed E-state index contributed by atoms with van der Waals surface area (Å²) in [4.78, 5) is 14.8. The molecule has 0 aliphatic carbocycles. The molecule has 4 nitrogen and oxygen atoms in total. The monoisotopic (exact) mass is 627 g/mol. The fraction of sp³-hybridized carbons (Fsp3) is 0. The summed E-state index contributed by atoms with van der Waals surface area (Å²) in [7, 11) is 0. The highest BCUT2D eigenvalue weighted by atomic mass is 16.3. The van der Waals surface area contributed by atoms with E-state index in [1.54, 1.807) is 0 Å². The first-order valence-corrected chi connectivity index (χ1v) is 16.4. The molecular formula is C45H29N3O. The molecule has 7 aromatic carbocycles. The van der Waals surface area contributed by atoms with Gasteiger partial charge in [-0.25, -0.2) is 15.0 Å². The number of fused-ring (bicyclic) bond motifs is 3. The van der Waals surface area contributed by atoms with Crippen molar-refractivity contribution in [2.75, 3.05) is 0 Å². The molecule has 0 fully saturated rings. The van der Waals surface area contributed by atoms with Gasteiger partial charge < -0.3 is 4.42 Å². The topological polar surface area (TPSA) is 51.8 Å². The third kappa shape index (κ3) is 5.45. The predicted molar refractivity (Wildman–Crippen MR) is 200 cm³/mol. The van der Waals surface area contributed by atoms with Gasteiger partial charge in [-0.3, -0.25) is 0 Å². The summed E-state index contributed by atoms with van der Waals surface area (Å²) < 4.78 is 6.51. The van der Waals surface area contributed by atoms with Crippen molar-refractivity contribution in [3.8, 4) is 67.5 Å². The molecule has 0 atom stereocenters. The summed E-state index contributed by atoms with van der Waals surface area (Å²) in [6, 6.07) is 60.4. The van der Waals surface area contributed by atoms with Crippen molar-refractivity contribution < 1.29 is 4.42 Å². The summed E-state index contributed by atoms with van der Waals surface area (Å²) in [5.41, 5.74) is 11.3. The van der Waals surface area contributed by atoms with Crippen molar-refractivity contribution in [2.24, 2.45) is 0 Å². The Morgan fingerprint density at radius 3 is 1.31 bits per heavy atom. The van der Waals surface area contributed by atoms with Gasteiger partial charge in [-0.05, 0) is 39.9 Å². The maximum atomic E-state index is 6.51. The zero-order chi connectivity index (χ0) is 32.6. The SMILES string of the molecule is c1ccc(-c2ccc(-c3nc(-c4ccccc4)nc(-c4ccc(-c5ccc6c(c5)oc5c(-c7ccccc7)cccc56)cc4)n3)cc2)cc1. The molecule has 2 aromatic heterocycles. The molecule has 9 aromatic rings. The first-order chi connectivity index (χ1) is 24.3. The molecule has 0 radical (unpaired) electrons. The van der Waals surface area contributed by atoms with E-state index >= 15 is 0 Å². The first kappa shape index (κ1) is 28.6. The van der Waals surface area contributed by atoms with Gasteiger partial charge >= 0.3 is 0 Å². The van der Waals surface area contributed by atoms with Gasteiger partial charge in [0.1, 0.15) is 11.2 Å². The van der Waals surface area contributed by atoms with E-state index < -0.39 is 0 Å². The van der Waals surface area contributed by atoms with E-state index in [0.717, 1.165) is 66.4 Å². The molecule has 0 spiro atoms. The van der Waals surface area contributed by atoms with Crippen LogP contribution in [0.1, 0.15) is 0 Å². The quantitative estimate of drug-likeness (QED) is 0.184. The van der Waals surface area contributed by atoms with Crippen molar-refractivity contribution >= 4 is 21.9 Å². The molecule has 0 unspecified atom stereocenters. The Labute approximate surface area is 284 Å². The highest BCUT2D eigenvalue weighted by molar-refractivity contribution is 6.10. The van der Waals surface area contributed by atoms with Crippen LogP contribution in [0, 0.1) is 0 Å². The van der Waals surface area contributed by atoms with Gasteiger partial charge in [-0.1, -0.05) is 164 Å². The van der Waals surface area contributed by atoms with Crippen LogP contribution in [0.2, 0.25) is 0 Å². The van der Waals surface area contributed by atoms with Crippen LogP contribution in [0.15, 0.2) is 180 Å². The van der Waals surface area contributed by atoms with Crippen molar-refractivity contribution in [2.45, 2.75) is 0 Å². The number of hydrogen-bond donors (Lipinski definition) is 0. The van der Waals surface area contributed by atoms with Gasteiger partial charge in [0.2, 0.25) is 0 Å². The Kier molecular flexibility index (Phi) is 7.10. The molecule has 230 valence electrons. The first-order valence-electron chi connectivity index (χ1n) is 16.4. The number of furan rings is 1. The third-order valence-corrected chi connectivity index (χ3v) is 8.98. The molecule has 2 heterocycles. The van der Waals surface area contributed by atoms with Crippen LogP contribution in [0.3, 0.4) is 0 Å². The lowest BCUT2D eigenvalue weighted by Crippen LogP contribution is -2.00. The van der Waals surface area contributed by atoms with E-state index in [1.165, 1.54) is 5.56 Å². The third-order valence-electron chi connectivity index (χ3n) is 8.98. The highest BCUT2D eigenvalue weighted by Gasteiger charge is 2.15. The smallest absolute Gasteiger partial charge is 0.164 e. The second-order valence-electron chi connectivity index (χ2n) is 12.1. The molecule has 0 N–H and O–H groups in total. The van der Waals surface area contributed by atoms with Crippen LogP contribution in [0.25, 0.3) is 89.5 Å². The van der Waals surface area contributed by atoms with Crippen molar-refractivity contribution in [3.63, 3.8) is 0 Å². The van der Waals surface area contributed by atoms with Crippen LogP contribution >= 0.6 is 0 Å². The molecule has 4 heteroatoms. The van der Waals surface area contributed by atoms with E-state index in [4.69, 9.17) is 19.4 Å². The maximum Gasteiger partial charge on any atom is 0.164 e. The van der Waals surface area contributed by atoms with Gasteiger partial charge in [0, 0.05) is 33.0 Å². The van der Waals surface area contributed by atoms with Crippen molar-refractivity contribution in [3.05, 3.63) is 176 Å². The van der Waals surface area contributed by atoms with Crippen LogP contribution in [-0.2, 0) is 0 Å². The lowest BCUT2D eigenvalue weighted by atomic mass is 10.0. The minimum absolute atomic E-state index is 0.628. The Hall–Kier alpha value is -6.65. The molecule has 49 heavy (non-hydrogen) atoms. The predicted octanol–water partition coefficient (Wildman–Crippen LogP) is 11.8. The molecule has 0 saturated carbocycles. The molecule has 9 rings (SSSR count). The molecule has 0 amide bonds. The Bertz CT molecular complexity index is 2560. The highest BCUT2D eigenvalue weighted by Crippen LogP contribution is 2.37. The van der Waals surface area contributed by atoms with E-state index in [9.17, 15) is 0 Å². The minimum Gasteiger partial charge on any atom is -0.455 e. The van der Waals surface area contributed by atoms with Gasteiger partial charge in [0.05, 0.1) is 0 Å². The largest absolute Gasteiger partial charge is 0.455 e. The van der Waals surface area contributed by atoms with Gasteiger partial charge in [-0.2, -0.15) is 0 Å². The van der Waals surface area contributed by atoms with Crippen LogP contribution in [0.5, 0.6) is 0 Å². The number of aromatic nitrogens is 3. The maximum absolute atomic E-state index is 6.51. The second-order valence-corrected chi connectivity index (χ2v) is 12.1. The Balaban J connectivity index is 1.07. The zero-order valence-corrected chi connectivity index (χ0v) is 26.5. The molecular weight excluding hydrogens is 599 g/mol. The van der Waals surface area contributed by atoms with Gasteiger partial charge in [0.25, 0.3) is 0 Å². The number of rotatable bonds is 6.